The van der Waals surface area contributed by atoms with Gasteiger partial charge in [0.2, 0.25) is 0 Å². The van der Waals surface area contributed by atoms with Gasteiger partial charge in [0.1, 0.15) is 0 Å². The van der Waals surface area contributed by atoms with Gasteiger partial charge in [-0.05, 0) is 30.6 Å². The molecule has 0 aromatic carbocycles. The van der Waals surface area contributed by atoms with Crippen LogP contribution in [0.25, 0.3) is 0 Å². The van der Waals surface area contributed by atoms with Crippen LogP contribution in [0, 0.1) is 11.3 Å². The van der Waals surface area contributed by atoms with Crippen LogP contribution in [0.4, 0.5) is 0 Å². The van der Waals surface area contributed by atoms with Crippen LogP contribution in [-0.2, 0) is 0 Å². The van der Waals surface area contributed by atoms with Crippen molar-refractivity contribution in [3.05, 3.63) is 0 Å². The minimum atomic E-state index is 0.651. The zero-order valence-corrected chi connectivity index (χ0v) is 10.3. The molecule has 13 heavy (non-hydrogen) atoms. The van der Waals surface area contributed by atoms with Gasteiger partial charge in [-0.25, -0.2) is 0 Å². The fraction of sp³-hybridized carbons (Fsp3) is 1.00. The highest BCUT2D eigenvalue weighted by Gasteiger charge is 2.30. The second kappa shape index (κ2) is 6.45. The predicted octanol–water partition coefficient (Wildman–Crippen LogP) is 5.03. The zero-order chi connectivity index (χ0) is 10.3. The third-order valence-electron chi connectivity index (χ3n) is 3.47. The zero-order valence-electron chi connectivity index (χ0n) is 10.3. The predicted molar refractivity (Wildman–Crippen MR) is 62.0 cm³/mol. The molecule has 0 N–H and O–H groups in total. The van der Waals surface area contributed by atoms with Crippen molar-refractivity contribution in [3.63, 3.8) is 0 Å². The molecule has 0 fully saturated rings. The third kappa shape index (κ3) is 3.70. The molecule has 0 saturated carbocycles. The van der Waals surface area contributed by atoms with E-state index in [1.807, 2.05) is 0 Å². The van der Waals surface area contributed by atoms with Gasteiger partial charge in [0, 0.05) is 0 Å². The quantitative estimate of drug-likeness (QED) is 0.520. The molecular weight excluding hydrogens is 156 g/mol. The van der Waals surface area contributed by atoms with Crippen LogP contribution in [0.3, 0.4) is 0 Å². The summed E-state index contributed by atoms with van der Waals surface area (Å²) >= 11 is 0. The van der Waals surface area contributed by atoms with Crippen LogP contribution in [0.1, 0.15) is 73.1 Å². The Hall–Kier alpha value is 0. The molecule has 0 nitrogen and oxygen atoms in total. The van der Waals surface area contributed by atoms with Crippen molar-refractivity contribution in [1.29, 1.82) is 0 Å². The molecule has 0 amide bonds. The normalized spacial score (nSPS) is 12.5. The highest BCUT2D eigenvalue weighted by molar-refractivity contribution is 4.81. The Morgan fingerprint density at radius 2 is 1.08 bits per heavy atom. The van der Waals surface area contributed by atoms with Crippen molar-refractivity contribution in [2.75, 3.05) is 0 Å². The topological polar surface area (TPSA) is 0 Å². The van der Waals surface area contributed by atoms with Gasteiger partial charge < -0.3 is 0 Å². The summed E-state index contributed by atoms with van der Waals surface area (Å²) in [5, 5.41) is 0. The van der Waals surface area contributed by atoms with Crippen molar-refractivity contribution >= 4 is 0 Å². The van der Waals surface area contributed by atoms with Gasteiger partial charge in [-0.15, -0.1) is 0 Å². The van der Waals surface area contributed by atoms with Crippen LogP contribution in [0.2, 0.25) is 0 Å². The summed E-state index contributed by atoms with van der Waals surface area (Å²) in [6.07, 6.45) is 8.31. The van der Waals surface area contributed by atoms with E-state index in [4.69, 9.17) is 0 Å². The van der Waals surface area contributed by atoms with Crippen LogP contribution in [0.15, 0.2) is 0 Å². The molecule has 80 valence electrons. The van der Waals surface area contributed by atoms with E-state index >= 15 is 0 Å². The summed E-state index contributed by atoms with van der Waals surface area (Å²) in [4.78, 5) is 0. The number of hydrogen-bond donors (Lipinski definition) is 0. The smallest absolute Gasteiger partial charge is 0.0275 e. The lowest BCUT2D eigenvalue weighted by Gasteiger charge is -2.37. The summed E-state index contributed by atoms with van der Waals surface area (Å²) < 4.78 is 0. The maximum absolute atomic E-state index is 2.40. The third-order valence-corrected chi connectivity index (χ3v) is 3.47. The molecule has 0 aliphatic heterocycles. The Morgan fingerprint density at radius 3 is 1.23 bits per heavy atom. The molecule has 0 aliphatic rings. The van der Waals surface area contributed by atoms with E-state index in [-0.39, 0.29) is 0 Å². The van der Waals surface area contributed by atoms with Gasteiger partial charge in [-0.3, -0.25) is 0 Å². The maximum Gasteiger partial charge on any atom is -0.0275 e. The molecule has 0 spiro atoms. The summed E-state index contributed by atoms with van der Waals surface area (Å²) in [5.41, 5.74) is 0.651. The molecule has 0 heteroatoms. The Balaban J connectivity index is 4.38. The van der Waals surface area contributed by atoms with E-state index in [9.17, 15) is 0 Å². The van der Waals surface area contributed by atoms with E-state index in [2.05, 4.69) is 34.6 Å². The van der Waals surface area contributed by atoms with Gasteiger partial charge in [-0.2, -0.15) is 0 Å². The van der Waals surface area contributed by atoms with Crippen molar-refractivity contribution in [2.45, 2.75) is 73.1 Å². The Morgan fingerprint density at radius 1 is 0.769 bits per heavy atom. The lowest BCUT2D eigenvalue weighted by molar-refractivity contribution is 0.133. The molecule has 0 rings (SSSR count). The Kier molecular flexibility index (Phi) is 6.45. The average Bonchev–Trinajstić information content (AvgIpc) is 2.05. The monoisotopic (exact) mass is 184 g/mol. The first kappa shape index (κ1) is 13.0. The first-order chi connectivity index (χ1) is 6.13. The average molecular weight is 184 g/mol. The SMILES string of the molecule is CCCC(CCC)(CCC)C(C)C. The number of rotatable bonds is 7. The molecule has 0 radical (unpaired) electrons. The summed E-state index contributed by atoms with van der Waals surface area (Å²) in [5.74, 6) is 0.854. The van der Waals surface area contributed by atoms with Crippen LogP contribution < -0.4 is 0 Å². The van der Waals surface area contributed by atoms with Gasteiger partial charge in [0.25, 0.3) is 0 Å². The highest BCUT2D eigenvalue weighted by Crippen LogP contribution is 2.41. The molecule has 0 aliphatic carbocycles. The standard InChI is InChI=1S/C13H28/c1-6-9-13(10-7-2,11-8-3)12(4)5/h12H,6-11H2,1-5H3. The summed E-state index contributed by atoms with van der Waals surface area (Å²) in [6.45, 7) is 11.8. The molecular formula is C13H28. The van der Waals surface area contributed by atoms with Gasteiger partial charge in [0.05, 0.1) is 0 Å². The van der Waals surface area contributed by atoms with Gasteiger partial charge >= 0.3 is 0 Å². The van der Waals surface area contributed by atoms with Crippen molar-refractivity contribution in [1.82, 2.24) is 0 Å². The highest BCUT2D eigenvalue weighted by atomic mass is 14.4. The van der Waals surface area contributed by atoms with Crippen molar-refractivity contribution in [3.8, 4) is 0 Å². The van der Waals surface area contributed by atoms with E-state index in [1.165, 1.54) is 38.5 Å². The maximum atomic E-state index is 2.40. The van der Waals surface area contributed by atoms with E-state index in [0.717, 1.165) is 5.92 Å². The van der Waals surface area contributed by atoms with Crippen LogP contribution >= 0.6 is 0 Å². The van der Waals surface area contributed by atoms with Crippen molar-refractivity contribution < 1.29 is 0 Å². The Bertz CT molecular complexity index is 96.2. The lowest BCUT2D eigenvalue weighted by Crippen LogP contribution is -2.27. The largest absolute Gasteiger partial charge is 0.0654 e. The fourth-order valence-electron chi connectivity index (χ4n) is 2.73. The summed E-state index contributed by atoms with van der Waals surface area (Å²) in [7, 11) is 0. The van der Waals surface area contributed by atoms with Crippen LogP contribution in [0.5, 0.6) is 0 Å². The Labute approximate surface area is 85.1 Å². The second-order valence-electron chi connectivity index (χ2n) is 4.77. The molecule has 0 heterocycles. The first-order valence-corrected chi connectivity index (χ1v) is 6.13. The van der Waals surface area contributed by atoms with Gasteiger partial charge in [-0.1, -0.05) is 53.9 Å². The molecule has 0 aromatic heterocycles. The lowest BCUT2D eigenvalue weighted by atomic mass is 9.68. The van der Waals surface area contributed by atoms with Crippen LogP contribution in [-0.4, -0.2) is 0 Å². The molecule has 0 aromatic rings. The fourth-order valence-corrected chi connectivity index (χ4v) is 2.73. The molecule has 0 saturated heterocycles. The number of hydrogen-bond acceptors (Lipinski definition) is 0. The van der Waals surface area contributed by atoms with Crippen molar-refractivity contribution in [2.24, 2.45) is 11.3 Å². The minimum Gasteiger partial charge on any atom is -0.0654 e. The van der Waals surface area contributed by atoms with E-state index in [0.29, 0.717) is 5.41 Å². The van der Waals surface area contributed by atoms with E-state index in [1.54, 1.807) is 0 Å². The second-order valence-corrected chi connectivity index (χ2v) is 4.77. The van der Waals surface area contributed by atoms with E-state index < -0.39 is 0 Å². The molecule has 0 unspecified atom stereocenters. The summed E-state index contributed by atoms with van der Waals surface area (Å²) in [6, 6.07) is 0. The minimum absolute atomic E-state index is 0.651. The molecule has 0 bridgehead atoms. The molecule has 0 atom stereocenters. The first-order valence-electron chi connectivity index (χ1n) is 6.13. The van der Waals surface area contributed by atoms with Gasteiger partial charge in [0.15, 0.2) is 0 Å².